The monoisotopic (exact) mass is 321 g/mol. The van der Waals surface area contributed by atoms with Crippen molar-refractivity contribution in [3.63, 3.8) is 0 Å². The van der Waals surface area contributed by atoms with Crippen molar-refractivity contribution < 1.29 is 22.3 Å². The van der Waals surface area contributed by atoms with Crippen LogP contribution in [-0.4, -0.2) is 11.6 Å². The zero-order valence-electron chi connectivity index (χ0n) is 11.8. The molecule has 0 aliphatic heterocycles. The lowest BCUT2D eigenvalue weighted by molar-refractivity contribution is -0.137. The summed E-state index contributed by atoms with van der Waals surface area (Å²) in [4.78, 5) is 3.34. The van der Waals surface area contributed by atoms with Gasteiger partial charge in [-0.25, -0.2) is 9.37 Å². The number of benzene rings is 1. The van der Waals surface area contributed by atoms with Crippen molar-refractivity contribution >= 4 is 21.6 Å². The van der Waals surface area contributed by atoms with Crippen LogP contribution in [0.15, 0.2) is 12.1 Å². The molecule has 21 heavy (non-hydrogen) atoms. The third kappa shape index (κ3) is 3.84. The molecule has 0 bridgehead atoms. The van der Waals surface area contributed by atoms with E-state index in [1.54, 1.807) is 0 Å². The Balaban J connectivity index is 2.32. The fourth-order valence-corrected chi connectivity index (χ4v) is 2.57. The summed E-state index contributed by atoms with van der Waals surface area (Å²) >= 11 is 0.402. The molecule has 1 aromatic heterocycles. The minimum Gasteiger partial charge on any atom is -0.492 e. The maximum atomic E-state index is 13.6. The van der Waals surface area contributed by atoms with Crippen molar-refractivity contribution in [2.75, 3.05) is 6.61 Å². The predicted molar refractivity (Wildman–Crippen MR) is 74.1 cm³/mol. The molecule has 0 aliphatic rings. The van der Waals surface area contributed by atoms with Gasteiger partial charge in [-0.1, -0.05) is 20.8 Å². The quantitative estimate of drug-likeness (QED) is 0.719. The largest absolute Gasteiger partial charge is 0.492 e. The number of hydrogen-bond donors (Lipinski definition) is 0. The summed E-state index contributed by atoms with van der Waals surface area (Å²) in [6.07, 6.45) is -3.85. The lowest BCUT2D eigenvalue weighted by atomic mass is 9.93. The molecule has 1 aromatic carbocycles. The SMILES string of the molecule is CC(C)(C)CCOc1ccc(F)c2nc(C(F)(F)F)sc12. The van der Waals surface area contributed by atoms with Crippen molar-refractivity contribution in [1.82, 2.24) is 4.98 Å². The molecule has 0 radical (unpaired) electrons. The van der Waals surface area contributed by atoms with E-state index >= 15 is 0 Å². The molecular formula is C14H15F4NOS. The van der Waals surface area contributed by atoms with Gasteiger partial charge in [0.05, 0.1) is 11.3 Å². The minimum absolute atomic E-state index is 0.0456. The smallest absolute Gasteiger partial charge is 0.443 e. The van der Waals surface area contributed by atoms with Crippen molar-refractivity contribution in [3.8, 4) is 5.75 Å². The highest BCUT2D eigenvalue weighted by atomic mass is 32.1. The molecule has 0 N–H and O–H groups in total. The summed E-state index contributed by atoms with van der Waals surface area (Å²) in [6, 6.07) is 2.42. The lowest BCUT2D eigenvalue weighted by Crippen LogP contribution is -2.11. The lowest BCUT2D eigenvalue weighted by Gasteiger charge is -2.18. The molecule has 116 valence electrons. The van der Waals surface area contributed by atoms with E-state index in [-0.39, 0.29) is 21.4 Å². The Labute approximate surface area is 123 Å². The van der Waals surface area contributed by atoms with Gasteiger partial charge in [-0.05, 0) is 24.0 Å². The number of halogens is 4. The van der Waals surface area contributed by atoms with Crippen LogP contribution in [0, 0.1) is 11.2 Å². The first-order valence-electron chi connectivity index (χ1n) is 6.37. The highest BCUT2D eigenvalue weighted by Gasteiger charge is 2.36. The van der Waals surface area contributed by atoms with Gasteiger partial charge in [0.2, 0.25) is 0 Å². The van der Waals surface area contributed by atoms with Gasteiger partial charge < -0.3 is 4.74 Å². The van der Waals surface area contributed by atoms with Crippen LogP contribution in [0.2, 0.25) is 0 Å². The number of hydrogen-bond acceptors (Lipinski definition) is 3. The molecule has 0 amide bonds. The Morgan fingerprint density at radius 3 is 2.43 bits per heavy atom. The molecule has 0 atom stereocenters. The third-order valence-electron chi connectivity index (χ3n) is 2.81. The molecule has 1 heterocycles. The first-order chi connectivity index (χ1) is 9.58. The Morgan fingerprint density at radius 2 is 1.86 bits per heavy atom. The second-order valence-electron chi connectivity index (χ2n) is 5.90. The number of ether oxygens (including phenoxy) is 1. The van der Waals surface area contributed by atoms with Crippen molar-refractivity contribution in [2.24, 2.45) is 5.41 Å². The highest BCUT2D eigenvalue weighted by Crippen LogP contribution is 2.40. The van der Waals surface area contributed by atoms with Gasteiger partial charge in [-0.15, -0.1) is 11.3 Å². The van der Waals surface area contributed by atoms with Crippen LogP contribution in [0.4, 0.5) is 17.6 Å². The molecule has 0 fully saturated rings. The normalized spacial score (nSPS) is 12.9. The van der Waals surface area contributed by atoms with E-state index in [0.29, 0.717) is 17.9 Å². The molecule has 2 rings (SSSR count). The van der Waals surface area contributed by atoms with E-state index in [0.717, 1.165) is 12.5 Å². The van der Waals surface area contributed by atoms with Crippen LogP contribution >= 0.6 is 11.3 Å². The second kappa shape index (κ2) is 5.44. The maximum Gasteiger partial charge on any atom is 0.443 e. The Hall–Kier alpha value is -1.37. The van der Waals surface area contributed by atoms with Gasteiger partial charge in [0.15, 0.2) is 10.8 Å². The summed E-state index contributed by atoms with van der Waals surface area (Å²) in [7, 11) is 0. The van der Waals surface area contributed by atoms with Crippen LogP contribution in [0.3, 0.4) is 0 Å². The molecule has 0 aliphatic carbocycles. The third-order valence-corrected chi connectivity index (χ3v) is 3.93. The summed E-state index contributed by atoms with van der Waals surface area (Å²) in [5.41, 5.74) is -0.246. The fraction of sp³-hybridized carbons (Fsp3) is 0.500. The molecule has 2 aromatic rings. The average molecular weight is 321 g/mol. The summed E-state index contributed by atoms with van der Waals surface area (Å²) < 4.78 is 57.3. The highest BCUT2D eigenvalue weighted by molar-refractivity contribution is 7.19. The topological polar surface area (TPSA) is 22.1 Å². The van der Waals surface area contributed by atoms with Crippen LogP contribution in [0.1, 0.15) is 32.2 Å². The number of nitrogens with zero attached hydrogens (tertiary/aromatic N) is 1. The van der Waals surface area contributed by atoms with E-state index in [1.165, 1.54) is 6.07 Å². The van der Waals surface area contributed by atoms with Crippen LogP contribution in [-0.2, 0) is 6.18 Å². The van der Waals surface area contributed by atoms with Gasteiger partial charge >= 0.3 is 6.18 Å². The van der Waals surface area contributed by atoms with Crippen molar-refractivity contribution in [3.05, 3.63) is 23.0 Å². The van der Waals surface area contributed by atoms with Gasteiger partial charge in [0.1, 0.15) is 11.3 Å². The second-order valence-corrected chi connectivity index (χ2v) is 6.90. The molecule has 0 unspecified atom stereocenters. The van der Waals surface area contributed by atoms with Gasteiger partial charge in [-0.2, -0.15) is 13.2 Å². The number of thiazole rings is 1. The summed E-state index contributed by atoms with van der Waals surface area (Å²) in [5.74, 6) is -0.538. The number of fused-ring (bicyclic) bond motifs is 1. The van der Waals surface area contributed by atoms with E-state index in [9.17, 15) is 17.6 Å². The van der Waals surface area contributed by atoms with Gasteiger partial charge in [0, 0.05) is 0 Å². The number of aromatic nitrogens is 1. The standard InChI is InChI=1S/C14H15F4NOS/c1-13(2,3)6-7-20-9-5-4-8(15)10-11(9)21-12(19-10)14(16,17)18/h4-5H,6-7H2,1-3H3. The molecule has 2 nitrogen and oxygen atoms in total. The molecule has 0 saturated heterocycles. The van der Waals surface area contributed by atoms with Crippen LogP contribution in [0.5, 0.6) is 5.75 Å². The zero-order chi connectivity index (χ0) is 15.8. The fourth-order valence-electron chi connectivity index (χ4n) is 1.65. The van der Waals surface area contributed by atoms with Gasteiger partial charge in [0.25, 0.3) is 0 Å². The predicted octanol–water partition coefficient (Wildman–Crippen LogP) is 5.27. The Morgan fingerprint density at radius 1 is 1.19 bits per heavy atom. The average Bonchev–Trinajstić information content (AvgIpc) is 2.76. The first-order valence-corrected chi connectivity index (χ1v) is 7.18. The van der Waals surface area contributed by atoms with Crippen molar-refractivity contribution in [2.45, 2.75) is 33.4 Å². The zero-order valence-corrected chi connectivity index (χ0v) is 12.7. The molecule has 0 spiro atoms. The molecule has 0 saturated carbocycles. The summed E-state index contributed by atoms with van der Waals surface area (Å²) in [6.45, 7) is 6.45. The van der Waals surface area contributed by atoms with Gasteiger partial charge in [-0.3, -0.25) is 0 Å². The van der Waals surface area contributed by atoms with Crippen LogP contribution < -0.4 is 4.74 Å². The van der Waals surface area contributed by atoms with E-state index in [2.05, 4.69) is 4.98 Å². The molecular weight excluding hydrogens is 306 g/mol. The first kappa shape index (κ1) is 16.0. The number of rotatable bonds is 3. The number of alkyl halides is 3. The van der Waals surface area contributed by atoms with E-state index in [4.69, 9.17) is 4.74 Å². The van der Waals surface area contributed by atoms with E-state index in [1.807, 2.05) is 20.8 Å². The minimum atomic E-state index is -4.58. The van der Waals surface area contributed by atoms with Crippen molar-refractivity contribution in [1.29, 1.82) is 0 Å². The molecule has 7 heteroatoms. The van der Waals surface area contributed by atoms with E-state index < -0.39 is 17.0 Å². The maximum absolute atomic E-state index is 13.6. The Kier molecular flexibility index (Phi) is 4.15. The Bertz CT molecular complexity index is 643. The summed E-state index contributed by atoms with van der Waals surface area (Å²) in [5, 5.41) is -1.07. The van der Waals surface area contributed by atoms with Crippen LogP contribution in [0.25, 0.3) is 10.2 Å².